The second kappa shape index (κ2) is 3.51. The van der Waals surface area contributed by atoms with E-state index < -0.39 is 0 Å². The summed E-state index contributed by atoms with van der Waals surface area (Å²) in [5.74, 6) is 0.295. The first-order valence-electron chi connectivity index (χ1n) is 5.12. The first-order valence-corrected chi connectivity index (χ1v) is 5.12. The molecule has 0 unspecified atom stereocenters. The molecule has 17 heavy (non-hydrogen) atoms. The summed E-state index contributed by atoms with van der Waals surface area (Å²) in [5.41, 5.74) is 1.77. The Kier molecular flexibility index (Phi) is 2.01. The summed E-state index contributed by atoms with van der Waals surface area (Å²) in [6.07, 6.45) is 1.49. The predicted octanol–water partition coefficient (Wildman–Crippen LogP) is 0.853. The Labute approximate surface area is 96.5 Å². The summed E-state index contributed by atoms with van der Waals surface area (Å²) in [7, 11) is 1.67. The smallest absolute Gasteiger partial charge is 0.290 e. The molecule has 84 valence electrons. The van der Waals surface area contributed by atoms with Crippen LogP contribution in [0, 0.1) is 5.21 Å². The van der Waals surface area contributed by atoms with Gasteiger partial charge in [-0.15, -0.1) is 0 Å². The van der Waals surface area contributed by atoms with E-state index in [0.717, 1.165) is 10.9 Å². The van der Waals surface area contributed by atoms with E-state index in [4.69, 9.17) is 0 Å². The molecule has 0 aliphatic heterocycles. The van der Waals surface area contributed by atoms with Crippen molar-refractivity contribution in [3.8, 4) is 0 Å². The topological polar surface area (TPSA) is 77.6 Å². The highest BCUT2D eigenvalue weighted by Gasteiger charge is 2.13. The first kappa shape index (κ1) is 9.71. The normalized spacial score (nSPS) is 10.9. The van der Waals surface area contributed by atoms with Crippen LogP contribution < -0.4 is 10.2 Å². The van der Waals surface area contributed by atoms with Gasteiger partial charge in [-0.3, -0.25) is 0 Å². The fourth-order valence-corrected chi connectivity index (χ4v) is 1.75. The number of aromatic nitrogens is 4. The van der Waals surface area contributed by atoms with Crippen molar-refractivity contribution >= 4 is 27.9 Å². The van der Waals surface area contributed by atoms with Crippen LogP contribution in [0.1, 0.15) is 0 Å². The summed E-state index contributed by atoms with van der Waals surface area (Å²) in [5, 5.41) is 19.0. The molecule has 0 amide bonds. The van der Waals surface area contributed by atoms with Gasteiger partial charge in [-0.2, -0.15) is 0 Å². The van der Waals surface area contributed by atoms with E-state index >= 15 is 0 Å². The van der Waals surface area contributed by atoms with Crippen molar-refractivity contribution in [3.05, 3.63) is 35.7 Å². The van der Waals surface area contributed by atoms with E-state index in [0.29, 0.717) is 21.8 Å². The van der Waals surface area contributed by atoms with E-state index in [1.165, 1.54) is 6.20 Å². The molecule has 6 nitrogen and oxygen atoms in total. The maximum absolute atomic E-state index is 11.7. The Hall–Kier alpha value is -2.50. The van der Waals surface area contributed by atoms with Crippen LogP contribution >= 0.6 is 0 Å². The Morgan fingerprint density at radius 3 is 2.94 bits per heavy atom. The lowest BCUT2D eigenvalue weighted by Gasteiger charge is -2.03. The molecule has 1 N–H and O–H groups in total. The van der Waals surface area contributed by atoms with Crippen molar-refractivity contribution < 1.29 is 4.85 Å². The van der Waals surface area contributed by atoms with Crippen LogP contribution in [-0.4, -0.2) is 22.1 Å². The van der Waals surface area contributed by atoms with Gasteiger partial charge >= 0.3 is 0 Å². The molecule has 0 radical (unpaired) electrons. The average Bonchev–Trinajstić information content (AvgIpc) is 2.38. The number of anilines is 1. The highest BCUT2D eigenvalue weighted by molar-refractivity contribution is 6.00. The summed E-state index contributed by atoms with van der Waals surface area (Å²) in [4.78, 5) is 9.04. The second-order valence-corrected chi connectivity index (χ2v) is 3.57. The van der Waals surface area contributed by atoms with E-state index in [9.17, 15) is 5.21 Å². The molecule has 3 aromatic rings. The quantitative estimate of drug-likeness (QED) is 0.379. The number of fused-ring (bicyclic) bond motifs is 3. The summed E-state index contributed by atoms with van der Waals surface area (Å²) in [6, 6.07) is 7.55. The molecule has 0 bridgehead atoms. The van der Waals surface area contributed by atoms with E-state index in [1.54, 1.807) is 7.05 Å². The Morgan fingerprint density at radius 2 is 2.12 bits per heavy atom. The van der Waals surface area contributed by atoms with Crippen LogP contribution in [0.2, 0.25) is 0 Å². The van der Waals surface area contributed by atoms with Crippen molar-refractivity contribution in [2.24, 2.45) is 0 Å². The predicted molar refractivity (Wildman–Crippen MR) is 63.3 cm³/mol. The molecule has 0 fully saturated rings. The van der Waals surface area contributed by atoms with Gasteiger partial charge in [-0.05, 0) is 10.9 Å². The summed E-state index contributed by atoms with van der Waals surface area (Å²) < 4.78 is 0. The molecule has 6 heteroatoms. The van der Waals surface area contributed by atoms with Crippen molar-refractivity contribution in [1.82, 2.24) is 15.1 Å². The lowest BCUT2D eigenvalue weighted by molar-refractivity contribution is -0.641. The Bertz CT molecular complexity index is 713. The third kappa shape index (κ3) is 1.42. The maximum Gasteiger partial charge on any atom is 0.290 e. The highest BCUT2D eigenvalue weighted by Crippen LogP contribution is 2.19. The minimum Gasteiger partial charge on any atom is -0.594 e. The molecule has 1 aromatic carbocycles. The van der Waals surface area contributed by atoms with Crippen molar-refractivity contribution in [1.29, 1.82) is 0 Å². The molecule has 0 saturated carbocycles. The van der Waals surface area contributed by atoms with Crippen molar-refractivity contribution in [2.75, 3.05) is 12.4 Å². The number of benzene rings is 1. The van der Waals surface area contributed by atoms with Gasteiger partial charge in [-0.1, -0.05) is 18.2 Å². The minimum atomic E-state index is 0.295. The molecule has 0 aliphatic carbocycles. The second-order valence-electron chi connectivity index (χ2n) is 3.57. The molecule has 0 atom stereocenters. The van der Waals surface area contributed by atoms with Crippen molar-refractivity contribution in [2.45, 2.75) is 0 Å². The third-order valence-electron chi connectivity index (χ3n) is 2.56. The van der Waals surface area contributed by atoms with Crippen LogP contribution in [-0.2, 0) is 0 Å². The summed E-state index contributed by atoms with van der Waals surface area (Å²) >= 11 is 0. The van der Waals surface area contributed by atoms with Gasteiger partial charge in [0.25, 0.3) is 11.5 Å². The van der Waals surface area contributed by atoms with Crippen LogP contribution in [0.25, 0.3) is 21.9 Å². The number of hydrogen-bond donors (Lipinski definition) is 1. The van der Waals surface area contributed by atoms with Gasteiger partial charge in [0.1, 0.15) is 6.20 Å². The van der Waals surface area contributed by atoms with Crippen LogP contribution in [0.3, 0.4) is 0 Å². The monoisotopic (exact) mass is 227 g/mol. The number of nitrogens with one attached hydrogen (secondary N) is 1. The van der Waals surface area contributed by atoms with Gasteiger partial charge in [0.2, 0.25) is 0 Å². The fraction of sp³-hybridized carbons (Fsp3) is 0.0909. The van der Waals surface area contributed by atoms with Crippen molar-refractivity contribution in [3.63, 3.8) is 0 Å². The number of nitrogens with zero attached hydrogens (tertiary/aromatic N) is 4. The zero-order chi connectivity index (χ0) is 11.8. The largest absolute Gasteiger partial charge is 0.594 e. The third-order valence-corrected chi connectivity index (χ3v) is 2.56. The van der Waals surface area contributed by atoms with E-state index in [-0.39, 0.29) is 0 Å². The number of pyridine rings is 1. The molecular weight excluding hydrogens is 218 g/mol. The molecule has 2 heterocycles. The van der Waals surface area contributed by atoms with E-state index in [1.807, 2.05) is 24.3 Å². The number of rotatable bonds is 1. The number of hydrogen-bond acceptors (Lipinski definition) is 5. The average molecular weight is 227 g/mol. The zero-order valence-corrected chi connectivity index (χ0v) is 9.08. The van der Waals surface area contributed by atoms with Gasteiger partial charge in [0, 0.05) is 12.4 Å². The van der Waals surface area contributed by atoms with Gasteiger partial charge in [0.05, 0.1) is 10.6 Å². The van der Waals surface area contributed by atoms with Crippen LogP contribution in [0.15, 0.2) is 30.5 Å². The summed E-state index contributed by atoms with van der Waals surface area (Å²) in [6.45, 7) is 0. The maximum atomic E-state index is 11.7. The van der Waals surface area contributed by atoms with Crippen LogP contribution in [0.5, 0.6) is 0 Å². The van der Waals surface area contributed by atoms with Crippen LogP contribution in [0.4, 0.5) is 5.95 Å². The standard InChI is InChI=1S/C11H9N5O/c1-12-11-14-10-7-4-2-3-5-8(7)13-6-9(10)16(17)15-11/h2-6H,1H3,(H,12,14,15). The van der Waals surface area contributed by atoms with Gasteiger partial charge in [0.15, 0.2) is 5.52 Å². The number of para-hydroxylation sites is 1. The molecule has 0 spiro atoms. The van der Waals surface area contributed by atoms with E-state index in [2.05, 4.69) is 20.4 Å². The lowest BCUT2D eigenvalue weighted by atomic mass is 10.2. The molecule has 3 rings (SSSR count). The van der Waals surface area contributed by atoms with Gasteiger partial charge < -0.3 is 10.5 Å². The Balaban J connectivity index is 2.51. The fourth-order valence-electron chi connectivity index (χ4n) is 1.75. The molecule has 0 saturated heterocycles. The molecular formula is C11H9N5O. The van der Waals surface area contributed by atoms with Gasteiger partial charge in [-0.25, -0.2) is 9.97 Å². The highest BCUT2D eigenvalue weighted by atomic mass is 16.5. The molecule has 2 aromatic heterocycles. The molecule has 0 aliphatic rings. The SMILES string of the molecule is CNc1nc2c3ccccc3ncc2[n+]([O-])n1. The lowest BCUT2D eigenvalue weighted by Crippen LogP contribution is -2.33. The minimum absolute atomic E-state index is 0.295. The Morgan fingerprint density at radius 1 is 1.29 bits per heavy atom. The first-order chi connectivity index (χ1) is 8.29. The zero-order valence-electron chi connectivity index (χ0n) is 9.08.